The first-order valence-electron chi connectivity index (χ1n) is 7.92. The lowest BCUT2D eigenvalue weighted by Crippen LogP contribution is -2.33. The average molecular weight is 379 g/mol. The van der Waals surface area contributed by atoms with Crippen molar-refractivity contribution >= 4 is 29.1 Å². The lowest BCUT2D eigenvalue weighted by molar-refractivity contribution is -0.137. The molecular formula is C17H22ClF3N2O2. The number of nitrogens with one attached hydrogen (secondary N) is 1. The number of amides is 2. The standard InChI is InChI=1S/C17H22ClF3N2O2/c1-11(2)6-8-23(12(3)24)9-7-16(25)22-15-5-4-13(18)10-14(15)17(19,20)21/h4-5,10-11H,6-9H2,1-3H3,(H,22,25). The van der Waals surface area contributed by atoms with E-state index in [1.807, 2.05) is 13.8 Å². The Morgan fingerprint density at radius 2 is 1.88 bits per heavy atom. The molecule has 4 nitrogen and oxygen atoms in total. The number of carbonyl (C=O) groups is 2. The monoisotopic (exact) mass is 378 g/mol. The number of hydrogen-bond donors (Lipinski definition) is 1. The van der Waals surface area contributed by atoms with Crippen molar-refractivity contribution in [3.8, 4) is 0 Å². The Bertz CT molecular complexity index is 618. The first-order chi connectivity index (χ1) is 11.5. The van der Waals surface area contributed by atoms with Gasteiger partial charge in [-0.15, -0.1) is 0 Å². The molecule has 1 N–H and O–H groups in total. The van der Waals surface area contributed by atoms with Crippen LogP contribution in [-0.2, 0) is 15.8 Å². The largest absolute Gasteiger partial charge is 0.418 e. The highest BCUT2D eigenvalue weighted by Crippen LogP contribution is 2.36. The third kappa shape index (κ3) is 7.34. The highest BCUT2D eigenvalue weighted by molar-refractivity contribution is 6.30. The summed E-state index contributed by atoms with van der Waals surface area (Å²) in [5.41, 5.74) is -1.35. The van der Waals surface area contributed by atoms with Gasteiger partial charge in [-0.3, -0.25) is 9.59 Å². The van der Waals surface area contributed by atoms with Crippen LogP contribution in [0.2, 0.25) is 5.02 Å². The van der Waals surface area contributed by atoms with Crippen molar-refractivity contribution in [1.82, 2.24) is 4.90 Å². The van der Waals surface area contributed by atoms with Gasteiger partial charge in [0.25, 0.3) is 0 Å². The van der Waals surface area contributed by atoms with E-state index in [9.17, 15) is 22.8 Å². The third-order valence-electron chi connectivity index (χ3n) is 3.59. The van der Waals surface area contributed by atoms with Crippen molar-refractivity contribution in [2.24, 2.45) is 5.92 Å². The fourth-order valence-corrected chi connectivity index (χ4v) is 2.32. The summed E-state index contributed by atoms with van der Waals surface area (Å²) in [6.07, 6.45) is -3.93. The molecule has 1 aromatic carbocycles. The summed E-state index contributed by atoms with van der Waals surface area (Å²) < 4.78 is 39.0. The molecule has 0 unspecified atom stereocenters. The number of alkyl halides is 3. The third-order valence-corrected chi connectivity index (χ3v) is 3.83. The van der Waals surface area contributed by atoms with E-state index in [0.717, 1.165) is 18.6 Å². The van der Waals surface area contributed by atoms with Gasteiger partial charge >= 0.3 is 6.18 Å². The molecule has 25 heavy (non-hydrogen) atoms. The summed E-state index contributed by atoms with van der Waals surface area (Å²) in [5, 5.41) is 2.18. The molecule has 0 aromatic heterocycles. The Kier molecular flexibility index (Phi) is 7.73. The summed E-state index contributed by atoms with van der Waals surface area (Å²) in [6, 6.07) is 3.16. The van der Waals surface area contributed by atoms with Crippen molar-refractivity contribution in [3.63, 3.8) is 0 Å². The predicted octanol–water partition coefficient (Wildman–Crippen LogP) is 4.58. The van der Waals surface area contributed by atoms with Crippen LogP contribution in [0.1, 0.15) is 39.2 Å². The molecule has 8 heteroatoms. The number of nitrogens with zero attached hydrogens (tertiary/aromatic N) is 1. The number of halogens is 4. The van der Waals surface area contributed by atoms with Crippen LogP contribution < -0.4 is 5.32 Å². The Hall–Kier alpha value is -1.76. The molecule has 1 aromatic rings. The van der Waals surface area contributed by atoms with E-state index in [1.165, 1.54) is 17.9 Å². The second-order valence-corrected chi connectivity index (χ2v) is 6.61. The quantitative estimate of drug-likeness (QED) is 0.754. The molecule has 0 saturated heterocycles. The van der Waals surface area contributed by atoms with Crippen LogP contribution in [0.5, 0.6) is 0 Å². The lowest BCUT2D eigenvalue weighted by atomic mass is 10.1. The highest BCUT2D eigenvalue weighted by Gasteiger charge is 2.34. The van der Waals surface area contributed by atoms with Crippen LogP contribution in [0.4, 0.5) is 18.9 Å². The summed E-state index contributed by atoms with van der Waals surface area (Å²) in [6.45, 7) is 6.10. The average Bonchev–Trinajstić information content (AvgIpc) is 2.47. The highest BCUT2D eigenvalue weighted by atomic mass is 35.5. The van der Waals surface area contributed by atoms with Crippen LogP contribution in [0.25, 0.3) is 0 Å². The molecule has 140 valence electrons. The SMILES string of the molecule is CC(=O)N(CCC(=O)Nc1ccc(Cl)cc1C(F)(F)F)CCC(C)C. The van der Waals surface area contributed by atoms with E-state index in [2.05, 4.69) is 5.32 Å². The number of hydrogen-bond acceptors (Lipinski definition) is 2. The fraction of sp³-hybridized carbons (Fsp3) is 0.529. The van der Waals surface area contributed by atoms with Crippen molar-refractivity contribution in [3.05, 3.63) is 28.8 Å². The molecule has 0 aliphatic rings. The van der Waals surface area contributed by atoms with Gasteiger partial charge in [0, 0.05) is 31.5 Å². The van der Waals surface area contributed by atoms with Gasteiger partial charge in [-0.1, -0.05) is 25.4 Å². The second-order valence-electron chi connectivity index (χ2n) is 6.17. The normalized spacial score (nSPS) is 11.5. The van der Waals surface area contributed by atoms with Gasteiger partial charge < -0.3 is 10.2 Å². The van der Waals surface area contributed by atoms with E-state index in [-0.39, 0.29) is 29.6 Å². The molecule has 0 atom stereocenters. The minimum atomic E-state index is -4.63. The number of benzene rings is 1. The first kappa shape index (κ1) is 21.3. The molecule has 0 fully saturated rings. The molecule has 2 amide bonds. The Balaban J connectivity index is 2.72. The molecule has 0 spiro atoms. The fourth-order valence-electron chi connectivity index (χ4n) is 2.15. The minimum Gasteiger partial charge on any atom is -0.342 e. The Morgan fingerprint density at radius 3 is 2.40 bits per heavy atom. The van der Waals surface area contributed by atoms with E-state index in [4.69, 9.17) is 11.6 Å². The van der Waals surface area contributed by atoms with Gasteiger partial charge in [-0.25, -0.2) is 0 Å². The Labute approximate surface area is 150 Å². The Morgan fingerprint density at radius 1 is 1.24 bits per heavy atom. The number of rotatable bonds is 7. The molecule has 0 saturated carbocycles. The van der Waals surface area contributed by atoms with Crippen molar-refractivity contribution in [2.75, 3.05) is 18.4 Å². The zero-order valence-electron chi connectivity index (χ0n) is 14.4. The van der Waals surface area contributed by atoms with Gasteiger partial charge in [-0.2, -0.15) is 13.2 Å². The smallest absolute Gasteiger partial charge is 0.342 e. The predicted molar refractivity (Wildman–Crippen MR) is 91.4 cm³/mol. The van der Waals surface area contributed by atoms with Crippen LogP contribution in [0.3, 0.4) is 0 Å². The van der Waals surface area contributed by atoms with Crippen molar-refractivity contribution in [2.45, 2.75) is 39.8 Å². The lowest BCUT2D eigenvalue weighted by Gasteiger charge is -2.22. The van der Waals surface area contributed by atoms with Gasteiger partial charge in [-0.05, 0) is 30.5 Å². The summed E-state index contributed by atoms with van der Waals surface area (Å²) in [5.74, 6) is -0.362. The maximum absolute atomic E-state index is 13.0. The maximum atomic E-state index is 13.0. The van der Waals surface area contributed by atoms with Gasteiger partial charge in [0.2, 0.25) is 11.8 Å². The molecule has 0 bridgehead atoms. The number of carbonyl (C=O) groups excluding carboxylic acids is 2. The molecule has 0 radical (unpaired) electrons. The van der Waals surface area contributed by atoms with E-state index < -0.39 is 17.6 Å². The summed E-state index contributed by atoms with van der Waals surface area (Å²) in [7, 11) is 0. The molecule has 1 rings (SSSR count). The van der Waals surface area contributed by atoms with E-state index in [1.54, 1.807) is 0 Å². The number of anilines is 1. The first-order valence-corrected chi connectivity index (χ1v) is 8.30. The topological polar surface area (TPSA) is 49.4 Å². The molecular weight excluding hydrogens is 357 g/mol. The second kappa shape index (κ2) is 9.08. The maximum Gasteiger partial charge on any atom is 0.418 e. The summed E-state index contributed by atoms with van der Waals surface area (Å²) >= 11 is 5.60. The summed E-state index contributed by atoms with van der Waals surface area (Å²) in [4.78, 5) is 25.1. The van der Waals surface area contributed by atoms with Crippen LogP contribution >= 0.6 is 11.6 Å². The van der Waals surface area contributed by atoms with Crippen LogP contribution in [0.15, 0.2) is 18.2 Å². The van der Waals surface area contributed by atoms with Crippen molar-refractivity contribution < 1.29 is 22.8 Å². The molecule has 0 aliphatic carbocycles. The van der Waals surface area contributed by atoms with E-state index in [0.29, 0.717) is 12.5 Å². The minimum absolute atomic E-state index is 0.0678. The van der Waals surface area contributed by atoms with Gasteiger partial charge in [0.15, 0.2) is 0 Å². The zero-order chi connectivity index (χ0) is 19.2. The van der Waals surface area contributed by atoms with E-state index >= 15 is 0 Å². The van der Waals surface area contributed by atoms with Crippen LogP contribution in [-0.4, -0.2) is 29.8 Å². The van der Waals surface area contributed by atoms with Crippen molar-refractivity contribution in [1.29, 1.82) is 0 Å². The zero-order valence-corrected chi connectivity index (χ0v) is 15.2. The molecule has 0 aliphatic heterocycles. The van der Waals surface area contributed by atoms with Gasteiger partial charge in [0.1, 0.15) is 0 Å². The molecule has 0 heterocycles. The van der Waals surface area contributed by atoms with Gasteiger partial charge in [0.05, 0.1) is 11.3 Å². The van der Waals surface area contributed by atoms with Crippen LogP contribution in [0, 0.1) is 5.92 Å².